The maximum absolute atomic E-state index is 13.4. The van der Waals surface area contributed by atoms with Gasteiger partial charge in [-0.25, -0.2) is 4.79 Å². The largest absolute Gasteiger partial charge is 0.458 e. The molecular formula is C36H47N3O9S2. The fraction of sp³-hybridized carbons (Fsp3) is 0.583. The molecule has 272 valence electrons. The molecule has 0 saturated carbocycles. The Hall–Kier alpha value is -3.17. The molecule has 1 aromatic heterocycles. The Kier molecular flexibility index (Phi) is 12.2. The Morgan fingerprint density at radius 3 is 2.54 bits per heavy atom. The molecule has 5 rings (SSSR count). The Morgan fingerprint density at radius 2 is 1.80 bits per heavy atom. The van der Waals surface area contributed by atoms with Gasteiger partial charge in [-0.05, 0) is 76.8 Å². The van der Waals surface area contributed by atoms with Gasteiger partial charge in [0.1, 0.15) is 12.4 Å². The van der Waals surface area contributed by atoms with Crippen LogP contribution in [-0.4, -0.2) is 75.7 Å². The lowest BCUT2D eigenvalue weighted by atomic mass is 9.79. The highest BCUT2D eigenvalue weighted by molar-refractivity contribution is 8.76. The van der Waals surface area contributed by atoms with Crippen molar-refractivity contribution in [3.63, 3.8) is 0 Å². The second-order valence-electron chi connectivity index (χ2n) is 14.2. The Balaban J connectivity index is 1.06. The maximum atomic E-state index is 13.4. The normalized spacial score (nSPS) is 19.5. The fourth-order valence-electron chi connectivity index (χ4n) is 6.44. The highest BCUT2D eigenvalue weighted by Gasteiger charge is 2.42. The molecule has 0 saturated heterocycles. The number of rotatable bonds is 15. The van der Waals surface area contributed by atoms with Crippen LogP contribution in [0.4, 0.5) is 5.69 Å². The van der Waals surface area contributed by atoms with Gasteiger partial charge < -0.3 is 33.9 Å². The zero-order valence-corrected chi connectivity index (χ0v) is 31.2. The lowest BCUT2D eigenvalue weighted by Crippen LogP contribution is -2.36. The van der Waals surface area contributed by atoms with Crippen molar-refractivity contribution in [1.82, 2.24) is 9.88 Å². The van der Waals surface area contributed by atoms with Crippen molar-refractivity contribution in [2.75, 3.05) is 31.3 Å². The molecule has 3 atom stereocenters. The van der Waals surface area contributed by atoms with Crippen LogP contribution in [0, 0.1) is 5.92 Å². The van der Waals surface area contributed by atoms with Gasteiger partial charge in [-0.15, -0.1) is 0 Å². The second kappa shape index (κ2) is 16.0. The van der Waals surface area contributed by atoms with Crippen LogP contribution in [0.15, 0.2) is 34.1 Å². The Morgan fingerprint density at radius 1 is 1.06 bits per heavy atom. The van der Waals surface area contributed by atoms with Crippen LogP contribution in [0.1, 0.15) is 95.2 Å². The third-order valence-corrected chi connectivity index (χ3v) is 11.2. The summed E-state index contributed by atoms with van der Waals surface area (Å²) in [5.74, 6) is 0.474. The minimum atomic E-state index is -1.50. The van der Waals surface area contributed by atoms with Crippen LogP contribution >= 0.6 is 21.6 Å². The fourth-order valence-corrected chi connectivity index (χ4v) is 8.32. The van der Waals surface area contributed by atoms with E-state index in [0.29, 0.717) is 54.8 Å². The van der Waals surface area contributed by atoms with E-state index in [1.54, 1.807) is 38.3 Å². The number of amides is 1. The summed E-state index contributed by atoms with van der Waals surface area (Å²) in [6.07, 6.45) is -0.241. The van der Waals surface area contributed by atoms with E-state index >= 15 is 0 Å². The standard InChI is InChI=1S/C36H47N3O9S2/c1-7-22-23-16-21(48-30(41)10-14-49-50-15-11-37-29(40)18-36(5,6)47-13-12-46-35(2,3)4)8-9-27(23)38-31-25(22)19-39-28(31)17-24-26(33(39)43)20-45-34(44)32(24)42/h8-9,16-17,22,25,32,42H,7,10-15,18-20H2,1-6H3,(H,37,40). The van der Waals surface area contributed by atoms with Crippen molar-refractivity contribution in [3.8, 4) is 5.75 Å². The highest BCUT2D eigenvalue weighted by Crippen LogP contribution is 2.46. The van der Waals surface area contributed by atoms with Gasteiger partial charge in [-0.3, -0.25) is 19.4 Å². The van der Waals surface area contributed by atoms with Crippen molar-refractivity contribution in [1.29, 1.82) is 0 Å². The van der Waals surface area contributed by atoms with E-state index in [1.165, 1.54) is 0 Å². The number of benzene rings is 1. The number of esters is 2. The number of ether oxygens (including phenoxy) is 4. The molecule has 3 aliphatic rings. The molecule has 3 unspecified atom stereocenters. The van der Waals surface area contributed by atoms with Crippen molar-refractivity contribution in [3.05, 3.63) is 57.0 Å². The molecule has 0 bridgehead atoms. The van der Waals surface area contributed by atoms with E-state index in [2.05, 4.69) is 12.2 Å². The number of nitrogens with zero attached hydrogens (tertiary/aromatic N) is 2. The van der Waals surface area contributed by atoms with Gasteiger partial charge in [-0.2, -0.15) is 0 Å². The number of fused-ring (bicyclic) bond motifs is 5. The van der Waals surface area contributed by atoms with E-state index in [-0.39, 0.29) is 59.9 Å². The summed E-state index contributed by atoms with van der Waals surface area (Å²) >= 11 is 0. The van der Waals surface area contributed by atoms with Gasteiger partial charge in [0.2, 0.25) is 5.91 Å². The first-order valence-electron chi connectivity index (χ1n) is 17.0. The molecule has 50 heavy (non-hydrogen) atoms. The Bertz CT molecular complexity index is 1700. The number of carbonyl (C=O) groups excluding carboxylic acids is 3. The molecule has 12 nitrogen and oxygen atoms in total. The smallest absolute Gasteiger partial charge is 0.340 e. The average Bonchev–Trinajstić information content (AvgIpc) is 3.41. The lowest BCUT2D eigenvalue weighted by Gasteiger charge is -2.28. The first-order chi connectivity index (χ1) is 23.7. The van der Waals surface area contributed by atoms with Gasteiger partial charge in [0.05, 0.1) is 59.9 Å². The first-order valence-corrected chi connectivity index (χ1v) is 19.5. The molecular weight excluding hydrogens is 683 g/mol. The molecule has 2 N–H and O–H groups in total. The number of hydrogen-bond acceptors (Lipinski definition) is 12. The molecule has 0 spiro atoms. The van der Waals surface area contributed by atoms with Crippen molar-refractivity contribution in [2.24, 2.45) is 10.9 Å². The molecule has 3 aliphatic heterocycles. The maximum Gasteiger partial charge on any atom is 0.340 e. The van der Waals surface area contributed by atoms with Crippen molar-refractivity contribution < 1.29 is 38.4 Å². The number of aromatic nitrogens is 1. The third-order valence-electron chi connectivity index (χ3n) is 8.78. The number of nitrogens with one attached hydrogen (secondary N) is 1. The van der Waals surface area contributed by atoms with Crippen LogP contribution < -0.4 is 15.6 Å². The third kappa shape index (κ3) is 9.19. The molecule has 14 heteroatoms. The van der Waals surface area contributed by atoms with Crippen LogP contribution in [0.3, 0.4) is 0 Å². The number of aliphatic hydroxyl groups excluding tert-OH is 1. The summed E-state index contributed by atoms with van der Waals surface area (Å²) in [5, 5.41) is 13.3. The molecule has 4 heterocycles. The van der Waals surface area contributed by atoms with Crippen LogP contribution in [0.2, 0.25) is 0 Å². The number of cyclic esters (lactones) is 1. The summed E-state index contributed by atoms with van der Waals surface area (Å²) in [7, 11) is 3.14. The zero-order valence-electron chi connectivity index (χ0n) is 29.5. The molecule has 0 fully saturated rings. The zero-order chi connectivity index (χ0) is 36.2. The first kappa shape index (κ1) is 38.1. The summed E-state index contributed by atoms with van der Waals surface area (Å²) < 4.78 is 23.9. The van der Waals surface area contributed by atoms with E-state index in [0.717, 1.165) is 23.4 Å². The number of aliphatic imine (C=N–C) groups is 1. The summed E-state index contributed by atoms with van der Waals surface area (Å²) in [6, 6.07) is 7.11. The van der Waals surface area contributed by atoms with E-state index in [1.807, 2.05) is 46.8 Å². The SMILES string of the molecule is CCC1c2cc(OC(=O)CCSSCCNC(=O)CC(C)(C)OCCOC(C)(C)C)ccc2N=C2c3cc4c(c(=O)n3CC21)COC(=O)C4O. The minimum Gasteiger partial charge on any atom is -0.458 e. The molecule has 0 radical (unpaired) electrons. The monoisotopic (exact) mass is 729 g/mol. The molecule has 1 aromatic carbocycles. The van der Waals surface area contributed by atoms with E-state index < -0.39 is 17.7 Å². The van der Waals surface area contributed by atoms with E-state index in [4.69, 9.17) is 23.9 Å². The summed E-state index contributed by atoms with van der Waals surface area (Å²) in [6.45, 7) is 13.5. The van der Waals surface area contributed by atoms with Crippen LogP contribution in [0.25, 0.3) is 0 Å². The molecule has 0 aliphatic carbocycles. The summed E-state index contributed by atoms with van der Waals surface area (Å²) in [4.78, 5) is 55.3. The number of pyridine rings is 1. The number of carbonyl (C=O) groups is 3. The minimum absolute atomic E-state index is 0.0226. The number of hydrogen-bond donors (Lipinski definition) is 2. The van der Waals surface area contributed by atoms with Crippen LogP contribution in [0.5, 0.6) is 5.75 Å². The number of aliphatic hydroxyl groups is 1. The van der Waals surface area contributed by atoms with E-state index in [9.17, 15) is 24.3 Å². The van der Waals surface area contributed by atoms with Gasteiger partial charge in [-0.1, -0.05) is 28.5 Å². The Labute approximate surface area is 300 Å². The quantitative estimate of drug-likeness (QED) is 0.110. The van der Waals surface area contributed by atoms with Crippen molar-refractivity contribution >= 4 is 50.8 Å². The average molecular weight is 730 g/mol. The van der Waals surface area contributed by atoms with Gasteiger partial charge in [0.15, 0.2) is 6.10 Å². The van der Waals surface area contributed by atoms with Gasteiger partial charge >= 0.3 is 11.9 Å². The van der Waals surface area contributed by atoms with Gasteiger partial charge in [0.25, 0.3) is 5.56 Å². The second-order valence-corrected chi connectivity index (χ2v) is 16.9. The highest BCUT2D eigenvalue weighted by atomic mass is 33.1. The predicted molar refractivity (Wildman–Crippen MR) is 193 cm³/mol. The lowest BCUT2D eigenvalue weighted by molar-refractivity contribution is -0.157. The van der Waals surface area contributed by atoms with Gasteiger partial charge in [0, 0.05) is 36.1 Å². The van der Waals surface area contributed by atoms with Crippen molar-refractivity contribution in [2.45, 2.75) is 97.2 Å². The summed E-state index contributed by atoms with van der Waals surface area (Å²) in [5.41, 5.74) is 2.53. The topological polar surface area (TPSA) is 155 Å². The molecule has 2 aromatic rings. The van der Waals surface area contributed by atoms with Crippen LogP contribution in [-0.2, 0) is 41.7 Å². The predicted octanol–water partition coefficient (Wildman–Crippen LogP) is 4.99. The molecule has 1 amide bonds.